The second kappa shape index (κ2) is 7.64. The van der Waals surface area contributed by atoms with Gasteiger partial charge in [0, 0.05) is 30.3 Å². The molecule has 3 aromatic rings. The van der Waals surface area contributed by atoms with Gasteiger partial charge in [-0.25, -0.2) is 0 Å². The van der Waals surface area contributed by atoms with Crippen LogP contribution in [0, 0.1) is 0 Å². The van der Waals surface area contributed by atoms with Crippen molar-refractivity contribution in [2.45, 2.75) is 32.0 Å². The molecule has 3 heterocycles. The Morgan fingerprint density at radius 1 is 1.11 bits per heavy atom. The zero-order valence-corrected chi connectivity index (χ0v) is 17.1. The van der Waals surface area contributed by atoms with Crippen LogP contribution in [0.3, 0.4) is 0 Å². The van der Waals surface area contributed by atoms with Gasteiger partial charge in [0.15, 0.2) is 5.11 Å². The summed E-state index contributed by atoms with van der Waals surface area (Å²) in [6.07, 6.45) is 6.16. The van der Waals surface area contributed by atoms with Crippen molar-refractivity contribution in [2.75, 3.05) is 12.0 Å². The molecule has 2 aromatic heterocycles. The van der Waals surface area contributed by atoms with E-state index in [0.717, 1.165) is 17.1 Å². The van der Waals surface area contributed by atoms with Gasteiger partial charge < -0.3 is 19.5 Å². The van der Waals surface area contributed by atoms with Crippen molar-refractivity contribution >= 4 is 23.0 Å². The van der Waals surface area contributed by atoms with E-state index in [1.165, 1.54) is 5.56 Å². The maximum Gasteiger partial charge on any atom is 0.174 e. The predicted octanol–water partition coefficient (Wildman–Crippen LogP) is 4.65. The lowest BCUT2D eigenvalue weighted by Crippen LogP contribution is -2.29. The molecule has 0 spiro atoms. The third kappa shape index (κ3) is 3.36. The maximum absolute atomic E-state index is 5.75. The Bertz CT molecular complexity index is 952. The number of rotatable bonds is 5. The highest BCUT2D eigenvalue weighted by Gasteiger charge is 2.41. The monoisotopic (exact) mass is 392 g/mol. The highest BCUT2D eigenvalue weighted by Crippen LogP contribution is 2.42. The van der Waals surface area contributed by atoms with Gasteiger partial charge >= 0.3 is 0 Å². The van der Waals surface area contributed by atoms with E-state index in [1.807, 2.05) is 48.7 Å². The molecule has 0 radical (unpaired) electrons. The van der Waals surface area contributed by atoms with Crippen LogP contribution >= 0.6 is 12.2 Å². The van der Waals surface area contributed by atoms with Crippen molar-refractivity contribution < 1.29 is 4.74 Å². The molecule has 0 amide bonds. The van der Waals surface area contributed by atoms with Crippen LogP contribution in [0.4, 0.5) is 5.69 Å². The summed E-state index contributed by atoms with van der Waals surface area (Å²) in [5.41, 5.74) is 3.20. The Labute approximate surface area is 171 Å². The fourth-order valence-electron chi connectivity index (χ4n) is 3.64. The first-order valence-electron chi connectivity index (χ1n) is 9.40. The molecule has 1 N–H and O–H groups in total. The number of aromatic nitrogens is 2. The van der Waals surface area contributed by atoms with Crippen LogP contribution < -0.4 is 15.0 Å². The topological polar surface area (TPSA) is 42.3 Å². The first-order chi connectivity index (χ1) is 13.6. The zero-order chi connectivity index (χ0) is 19.7. The Morgan fingerprint density at radius 2 is 1.89 bits per heavy atom. The smallest absolute Gasteiger partial charge is 0.174 e. The van der Waals surface area contributed by atoms with Crippen LogP contribution in [-0.2, 0) is 0 Å². The molecule has 1 aromatic carbocycles. The quantitative estimate of drug-likeness (QED) is 0.640. The van der Waals surface area contributed by atoms with Crippen molar-refractivity contribution in [1.29, 1.82) is 0 Å². The van der Waals surface area contributed by atoms with Crippen LogP contribution in [0.15, 0.2) is 67.1 Å². The summed E-state index contributed by atoms with van der Waals surface area (Å²) in [4.78, 5) is 6.77. The number of hydrogen-bond acceptors (Lipinski definition) is 3. The van der Waals surface area contributed by atoms with Crippen LogP contribution in [0.1, 0.15) is 43.2 Å². The van der Waals surface area contributed by atoms with E-state index in [2.05, 4.69) is 52.1 Å². The fraction of sp³-hybridized carbons (Fsp3) is 0.273. The summed E-state index contributed by atoms with van der Waals surface area (Å²) in [6, 6.07) is 16.6. The lowest BCUT2D eigenvalue weighted by molar-refractivity contribution is 0.415. The number of nitrogens with zero attached hydrogens (tertiary/aromatic N) is 3. The molecule has 144 valence electrons. The third-order valence-electron chi connectivity index (χ3n) is 5.12. The SMILES string of the molecule is COc1ccc(N2C(=S)N[C@H](c3ccccn3)[C@H]2c2ccn(C(C)C)c2)cc1. The predicted molar refractivity (Wildman–Crippen MR) is 116 cm³/mol. The summed E-state index contributed by atoms with van der Waals surface area (Å²) >= 11 is 5.75. The van der Waals surface area contributed by atoms with Crippen LogP contribution in [-0.4, -0.2) is 21.8 Å². The number of pyridine rings is 1. The minimum Gasteiger partial charge on any atom is -0.497 e. The van der Waals surface area contributed by atoms with Gasteiger partial charge in [0.2, 0.25) is 0 Å². The summed E-state index contributed by atoms with van der Waals surface area (Å²) in [6.45, 7) is 4.36. The van der Waals surface area contributed by atoms with Crippen molar-refractivity contribution in [3.05, 3.63) is 78.4 Å². The van der Waals surface area contributed by atoms with E-state index >= 15 is 0 Å². The van der Waals surface area contributed by atoms with Gasteiger partial charge in [-0.3, -0.25) is 4.98 Å². The lowest BCUT2D eigenvalue weighted by Gasteiger charge is -2.27. The average molecular weight is 393 g/mol. The molecule has 1 fully saturated rings. The van der Waals surface area contributed by atoms with Crippen molar-refractivity contribution in [1.82, 2.24) is 14.9 Å². The number of hydrogen-bond donors (Lipinski definition) is 1. The molecule has 0 aliphatic carbocycles. The summed E-state index contributed by atoms with van der Waals surface area (Å²) < 4.78 is 7.53. The largest absolute Gasteiger partial charge is 0.497 e. The molecule has 1 aliphatic rings. The second-order valence-corrected chi connectivity index (χ2v) is 7.57. The Kier molecular flexibility index (Phi) is 5.05. The minimum atomic E-state index is -0.0289. The number of benzene rings is 1. The first-order valence-corrected chi connectivity index (χ1v) is 9.81. The normalized spacial score (nSPS) is 19.1. The van der Waals surface area contributed by atoms with Gasteiger partial charge in [-0.05, 0) is 74.1 Å². The van der Waals surface area contributed by atoms with E-state index in [-0.39, 0.29) is 12.1 Å². The van der Waals surface area contributed by atoms with Gasteiger partial charge in [-0.15, -0.1) is 0 Å². The molecule has 0 saturated carbocycles. The van der Waals surface area contributed by atoms with Crippen molar-refractivity contribution in [3.8, 4) is 5.75 Å². The molecular formula is C22H24N4OS. The Hall–Kier alpha value is -2.86. The molecule has 2 atom stereocenters. The van der Waals surface area contributed by atoms with E-state index in [1.54, 1.807) is 7.11 Å². The van der Waals surface area contributed by atoms with Crippen molar-refractivity contribution in [3.63, 3.8) is 0 Å². The van der Waals surface area contributed by atoms with E-state index in [4.69, 9.17) is 17.0 Å². The fourth-order valence-corrected chi connectivity index (χ4v) is 3.99. The molecule has 28 heavy (non-hydrogen) atoms. The van der Waals surface area contributed by atoms with Gasteiger partial charge in [0.1, 0.15) is 5.75 Å². The molecule has 5 nitrogen and oxygen atoms in total. The van der Waals surface area contributed by atoms with E-state index in [9.17, 15) is 0 Å². The highest BCUT2D eigenvalue weighted by molar-refractivity contribution is 7.80. The summed E-state index contributed by atoms with van der Waals surface area (Å²) in [5.74, 6) is 0.825. The van der Waals surface area contributed by atoms with E-state index < -0.39 is 0 Å². The Morgan fingerprint density at radius 3 is 2.50 bits per heavy atom. The first kappa shape index (κ1) is 18.5. The van der Waals surface area contributed by atoms with Crippen molar-refractivity contribution in [2.24, 2.45) is 0 Å². The number of methoxy groups -OCH3 is 1. The number of thiocarbonyl (C=S) groups is 1. The standard InChI is InChI=1S/C22H24N4OS/c1-15(2)25-13-11-16(14-25)21-20(19-6-4-5-12-23-19)24-22(28)26(21)17-7-9-18(27-3)10-8-17/h4-15,20-21H,1-3H3,(H,24,28)/t20-,21-/m1/s1. The van der Waals surface area contributed by atoms with Gasteiger partial charge in [-0.2, -0.15) is 0 Å². The number of anilines is 1. The van der Waals surface area contributed by atoms with Crippen LogP contribution in [0.5, 0.6) is 5.75 Å². The molecule has 0 unspecified atom stereocenters. The minimum absolute atomic E-state index is 0.01000. The number of ether oxygens (including phenoxy) is 1. The van der Waals surface area contributed by atoms with Gasteiger partial charge in [0.25, 0.3) is 0 Å². The average Bonchev–Trinajstić information content (AvgIpc) is 3.33. The van der Waals surface area contributed by atoms with Gasteiger partial charge in [-0.1, -0.05) is 6.07 Å². The zero-order valence-electron chi connectivity index (χ0n) is 16.2. The molecule has 4 rings (SSSR count). The molecule has 6 heteroatoms. The summed E-state index contributed by atoms with van der Waals surface area (Å²) in [7, 11) is 1.67. The van der Waals surface area contributed by atoms with E-state index in [0.29, 0.717) is 11.2 Å². The maximum atomic E-state index is 5.75. The molecule has 1 saturated heterocycles. The lowest BCUT2D eigenvalue weighted by atomic mass is 9.98. The van der Waals surface area contributed by atoms with Crippen LogP contribution in [0.2, 0.25) is 0 Å². The molecule has 0 bridgehead atoms. The van der Waals surface area contributed by atoms with Crippen LogP contribution in [0.25, 0.3) is 0 Å². The molecule has 1 aliphatic heterocycles. The third-order valence-corrected chi connectivity index (χ3v) is 5.44. The number of nitrogens with one attached hydrogen (secondary N) is 1. The molecular weight excluding hydrogens is 368 g/mol. The van der Waals surface area contributed by atoms with Gasteiger partial charge in [0.05, 0.1) is 24.9 Å². The Balaban J connectivity index is 1.79. The summed E-state index contributed by atoms with van der Waals surface area (Å²) in [5, 5.41) is 4.19. The highest BCUT2D eigenvalue weighted by atomic mass is 32.1. The second-order valence-electron chi connectivity index (χ2n) is 7.18.